The molecule has 1 aromatic heterocycles. The van der Waals surface area contributed by atoms with Gasteiger partial charge in [-0.3, -0.25) is 0 Å². The van der Waals surface area contributed by atoms with E-state index in [9.17, 15) is 4.79 Å². The maximum absolute atomic E-state index is 11.1. The molecule has 0 spiro atoms. The van der Waals surface area contributed by atoms with Gasteiger partial charge in [0.2, 0.25) is 5.89 Å². The van der Waals surface area contributed by atoms with Gasteiger partial charge in [0.15, 0.2) is 0 Å². The summed E-state index contributed by atoms with van der Waals surface area (Å²) < 4.78 is 4.99. The molecule has 2 aromatic rings. The van der Waals surface area contributed by atoms with Gasteiger partial charge in [0.05, 0.1) is 10.7 Å². The summed E-state index contributed by atoms with van der Waals surface area (Å²) in [6.07, 6.45) is 0.993. The molecule has 3 atom stereocenters. The van der Waals surface area contributed by atoms with Crippen LogP contribution in [-0.2, 0) is 0 Å². The lowest BCUT2D eigenvalue weighted by atomic mass is 9.56. The number of hydrogen-bond acceptors (Lipinski definition) is 5. The molecule has 1 aliphatic carbocycles. The summed E-state index contributed by atoms with van der Waals surface area (Å²) in [5, 5.41) is 10.2. The third-order valence-electron chi connectivity index (χ3n) is 5.06. The molecule has 8 heteroatoms. The Morgan fingerprint density at radius 1 is 1.50 bits per heavy atom. The summed E-state index contributed by atoms with van der Waals surface area (Å²) in [6, 6.07) is 5.82. The molecule has 0 bridgehead atoms. The minimum atomic E-state index is -0.581. The Morgan fingerprint density at radius 3 is 2.75 bits per heavy atom. The summed E-state index contributed by atoms with van der Waals surface area (Å²) in [7, 11) is 0. The van der Waals surface area contributed by atoms with Gasteiger partial charge in [0, 0.05) is 17.6 Å². The number of rotatable bonds is 4. The first-order valence-corrected chi connectivity index (χ1v) is 8.04. The Kier molecular flexibility index (Phi) is 5.32. The minimum absolute atomic E-state index is 0. The molecule has 6 nitrogen and oxygen atoms in total. The lowest BCUT2D eigenvalue weighted by molar-refractivity contribution is 0.0272. The molecule has 4 N–H and O–H groups in total. The number of anilines is 1. The van der Waals surface area contributed by atoms with E-state index in [0.29, 0.717) is 16.5 Å². The number of nitrogens with one attached hydrogen (secondary N) is 2. The van der Waals surface area contributed by atoms with Crippen LogP contribution in [-0.4, -0.2) is 22.3 Å². The zero-order valence-corrected chi connectivity index (χ0v) is 15.4. The molecular weight excluding hydrogens is 351 g/mol. The number of H-pyrrole nitrogens is 1. The van der Waals surface area contributed by atoms with Crippen LogP contribution in [0.25, 0.3) is 11.5 Å². The molecule has 0 saturated heterocycles. The Morgan fingerprint density at radius 2 is 2.21 bits per heavy atom. The van der Waals surface area contributed by atoms with Crippen LogP contribution in [0.15, 0.2) is 27.4 Å². The van der Waals surface area contributed by atoms with Crippen LogP contribution in [0.3, 0.4) is 0 Å². The number of nitrogens with two attached hydrogens (primary N) is 1. The molecule has 1 fully saturated rings. The summed E-state index contributed by atoms with van der Waals surface area (Å²) in [6.45, 7) is 6.52. The van der Waals surface area contributed by atoms with Gasteiger partial charge in [-0.15, -0.1) is 17.5 Å². The Bertz CT molecular complexity index is 771. The minimum Gasteiger partial charge on any atom is -0.388 e. The van der Waals surface area contributed by atoms with Gasteiger partial charge < -0.3 is 15.5 Å². The van der Waals surface area contributed by atoms with Gasteiger partial charge >= 0.3 is 5.76 Å². The fourth-order valence-corrected chi connectivity index (χ4v) is 3.48. The van der Waals surface area contributed by atoms with Crippen molar-refractivity contribution >= 4 is 29.7 Å². The maximum Gasteiger partial charge on any atom is 0.434 e. The van der Waals surface area contributed by atoms with Crippen LogP contribution in [0.2, 0.25) is 5.02 Å². The lowest BCUT2D eigenvalue weighted by Gasteiger charge is -2.53. The number of halogens is 2. The average molecular weight is 373 g/mol. The monoisotopic (exact) mass is 372 g/mol. The van der Waals surface area contributed by atoms with E-state index < -0.39 is 5.76 Å². The first-order valence-electron chi connectivity index (χ1n) is 7.66. The highest BCUT2D eigenvalue weighted by molar-refractivity contribution is 6.33. The normalized spacial score (nSPS) is 23.0. The van der Waals surface area contributed by atoms with Crippen LogP contribution in [0, 0.1) is 11.3 Å². The van der Waals surface area contributed by atoms with Gasteiger partial charge in [-0.2, -0.15) is 0 Å². The van der Waals surface area contributed by atoms with E-state index in [1.807, 2.05) is 6.07 Å². The van der Waals surface area contributed by atoms with E-state index in [1.54, 1.807) is 12.1 Å². The van der Waals surface area contributed by atoms with Crippen LogP contribution >= 0.6 is 24.0 Å². The standard InChI is InChI=1S/C16H21ClN4O2.ClH/c1-8(10-7-13(18)16(10,2)3)19-12-6-9(4-5-11(12)17)14-20-21-15(22)23-14;/h4-6,8,10,13,19H,7,18H2,1-3H3,(H,21,22);1H/t8-,10+,13+;/m0./s1. The van der Waals surface area contributed by atoms with Crippen molar-refractivity contribution in [2.24, 2.45) is 17.1 Å². The van der Waals surface area contributed by atoms with Crippen molar-refractivity contribution in [2.45, 2.75) is 39.3 Å². The van der Waals surface area contributed by atoms with E-state index in [4.69, 9.17) is 21.8 Å². The van der Waals surface area contributed by atoms with Gasteiger partial charge in [0.1, 0.15) is 0 Å². The van der Waals surface area contributed by atoms with Gasteiger partial charge in [-0.25, -0.2) is 9.89 Å². The maximum atomic E-state index is 11.1. The number of aromatic amines is 1. The van der Waals surface area contributed by atoms with E-state index in [1.165, 1.54) is 0 Å². The first-order chi connectivity index (χ1) is 10.8. The molecular formula is C16H22Cl2N4O2. The van der Waals surface area contributed by atoms with E-state index in [0.717, 1.165) is 12.1 Å². The summed E-state index contributed by atoms with van der Waals surface area (Å²) in [4.78, 5) is 11.1. The largest absolute Gasteiger partial charge is 0.434 e. The van der Waals surface area contributed by atoms with Crippen LogP contribution < -0.4 is 16.8 Å². The van der Waals surface area contributed by atoms with Crippen molar-refractivity contribution < 1.29 is 4.42 Å². The average Bonchev–Trinajstić information content (AvgIpc) is 2.93. The van der Waals surface area contributed by atoms with Gasteiger partial charge in [-0.1, -0.05) is 25.4 Å². The van der Waals surface area contributed by atoms with Gasteiger partial charge in [-0.05, 0) is 42.9 Å². The Balaban J connectivity index is 0.00000208. The molecule has 24 heavy (non-hydrogen) atoms. The highest BCUT2D eigenvalue weighted by Gasteiger charge is 2.48. The predicted octanol–water partition coefficient (Wildman–Crippen LogP) is 3.28. The second-order valence-electron chi connectivity index (χ2n) is 6.82. The molecule has 0 radical (unpaired) electrons. The molecule has 3 rings (SSSR count). The quantitative estimate of drug-likeness (QED) is 0.764. The first kappa shape index (κ1) is 18.8. The van der Waals surface area contributed by atoms with E-state index in [-0.39, 0.29) is 35.8 Å². The third kappa shape index (κ3) is 3.31. The summed E-state index contributed by atoms with van der Waals surface area (Å²) >= 11 is 6.29. The van der Waals surface area contributed by atoms with E-state index >= 15 is 0 Å². The second kappa shape index (κ2) is 6.78. The Labute approximate surface area is 151 Å². The van der Waals surface area contributed by atoms with Crippen molar-refractivity contribution in [1.82, 2.24) is 10.2 Å². The number of aromatic nitrogens is 2. The van der Waals surface area contributed by atoms with E-state index in [2.05, 4.69) is 36.3 Å². The van der Waals surface area contributed by atoms with Crippen LogP contribution in [0.4, 0.5) is 5.69 Å². The number of nitrogens with zero attached hydrogens (tertiary/aromatic N) is 1. The molecule has 0 aliphatic heterocycles. The molecule has 0 amide bonds. The van der Waals surface area contributed by atoms with Crippen molar-refractivity contribution in [3.63, 3.8) is 0 Å². The summed E-state index contributed by atoms with van der Waals surface area (Å²) in [5.74, 6) is 0.136. The fourth-order valence-electron chi connectivity index (χ4n) is 3.31. The second-order valence-corrected chi connectivity index (χ2v) is 7.22. The molecule has 1 heterocycles. The highest BCUT2D eigenvalue weighted by Crippen LogP contribution is 2.47. The SMILES string of the molecule is C[C@H](Nc1cc(-c2n[nH]c(=O)o2)ccc1Cl)[C@H]1C[C@@H](N)C1(C)C.Cl. The molecule has 0 unspecified atom stereocenters. The summed E-state index contributed by atoms with van der Waals surface area (Å²) in [5.41, 5.74) is 7.68. The predicted molar refractivity (Wildman–Crippen MR) is 97.8 cm³/mol. The van der Waals surface area contributed by atoms with Crippen molar-refractivity contribution in [2.75, 3.05) is 5.32 Å². The van der Waals surface area contributed by atoms with Crippen LogP contribution in [0.5, 0.6) is 0 Å². The molecule has 1 aromatic carbocycles. The number of benzene rings is 1. The topological polar surface area (TPSA) is 96.9 Å². The highest BCUT2D eigenvalue weighted by atomic mass is 35.5. The number of hydrogen-bond donors (Lipinski definition) is 3. The van der Waals surface area contributed by atoms with Crippen molar-refractivity contribution in [3.05, 3.63) is 33.8 Å². The molecule has 1 saturated carbocycles. The van der Waals surface area contributed by atoms with Crippen LogP contribution in [0.1, 0.15) is 27.2 Å². The van der Waals surface area contributed by atoms with Gasteiger partial charge in [0.25, 0.3) is 0 Å². The third-order valence-corrected chi connectivity index (χ3v) is 5.39. The Hall–Kier alpha value is -1.50. The molecule has 1 aliphatic rings. The van der Waals surface area contributed by atoms with Crippen molar-refractivity contribution in [1.29, 1.82) is 0 Å². The zero-order chi connectivity index (χ0) is 16.8. The van der Waals surface area contributed by atoms with Crippen molar-refractivity contribution in [3.8, 4) is 11.5 Å². The lowest BCUT2D eigenvalue weighted by Crippen LogP contribution is -2.59. The smallest absolute Gasteiger partial charge is 0.388 e. The molecule has 132 valence electrons. The zero-order valence-electron chi connectivity index (χ0n) is 13.8. The fraction of sp³-hybridized carbons (Fsp3) is 0.500.